The molecule has 1 saturated carbocycles. The van der Waals surface area contributed by atoms with Gasteiger partial charge in [0.15, 0.2) is 5.65 Å². The molecule has 2 heterocycles. The minimum atomic E-state index is -0.643. The highest BCUT2D eigenvalue weighted by atomic mass is 35.5. The molecule has 0 saturated heterocycles. The van der Waals surface area contributed by atoms with Gasteiger partial charge in [-0.05, 0) is 39.5 Å². The summed E-state index contributed by atoms with van der Waals surface area (Å²) < 4.78 is 6.80. The molecule has 0 radical (unpaired) electrons. The van der Waals surface area contributed by atoms with Gasteiger partial charge < -0.3 is 10.1 Å². The molecule has 2 atom stereocenters. The Morgan fingerprint density at radius 3 is 2.63 bits per heavy atom. The lowest BCUT2D eigenvalue weighted by atomic mass is 9.81. The summed E-state index contributed by atoms with van der Waals surface area (Å²) >= 11 is 6.14. The molecule has 2 aromatic heterocycles. The van der Waals surface area contributed by atoms with Crippen LogP contribution >= 0.6 is 11.6 Å². The van der Waals surface area contributed by atoms with Crippen LogP contribution in [0.15, 0.2) is 12.3 Å². The van der Waals surface area contributed by atoms with Gasteiger partial charge in [0, 0.05) is 19.2 Å². The summed E-state index contributed by atoms with van der Waals surface area (Å²) in [5.74, 6) is 0.568. The molecule has 2 amide bonds. The number of fused-ring (bicyclic) bond motifs is 1. The second-order valence-electron chi connectivity index (χ2n) is 7.90. The molecule has 9 heteroatoms. The average Bonchev–Trinajstić information content (AvgIpc) is 2.98. The Hall–Kier alpha value is -2.35. The lowest BCUT2D eigenvalue weighted by Crippen LogP contribution is -2.45. The maximum absolute atomic E-state index is 12.6. The molecule has 3 rings (SSSR count). The Labute approximate surface area is 162 Å². The first-order chi connectivity index (χ1) is 12.6. The van der Waals surface area contributed by atoms with Crippen molar-refractivity contribution in [1.29, 1.82) is 0 Å². The number of anilines is 1. The third-order valence-electron chi connectivity index (χ3n) is 4.61. The molecule has 27 heavy (non-hydrogen) atoms. The zero-order valence-corrected chi connectivity index (χ0v) is 16.9. The molecule has 1 aliphatic carbocycles. The number of rotatable bonds is 3. The van der Waals surface area contributed by atoms with Gasteiger partial charge in [0.25, 0.3) is 5.91 Å². The van der Waals surface area contributed by atoms with E-state index >= 15 is 0 Å². The quantitative estimate of drug-likeness (QED) is 0.808. The van der Waals surface area contributed by atoms with Crippen molar-refractivity contribution in [1.82, 2.24) is 19.9 Å². The first-order valence-electron chi connectivity index (χ1n) is 8.88. The third kappa shape index (κ3) is 4.00. The topological polar surface area (TPSA) is 88.8 Å². The fourth-order valence-corrected chi connectivity index (χ4v) is 3.05. The van der Waals surface area contributed by atoms with Crippen LogP contribution in [0, 0.1) is 5.92 Å². The van der Waals surface area contributed by atoms with E-state index in [2.05, 4.69) is 22.3 Å². The van der Waals surface area contributed by atoms with Gasteiger partial charge in [-0.3, -0.25) is 9.69 Å². The smallest absolute Gasteiger partial charge is 0.415 e. The van der Waals surface area contributed by atoms with Crippen molar-refractivity contribution in [2.75, 3.05) is 11.9 Å². The van der Waals surface area contributed by atoms with Crippen molar-refractivity contribution >= 4 is 35.1 Å². The number of nitrogens with zero attached hydrogens (tertiary/aromatic N) is 4. The summed E-state index contributed by atoms with van der Waals surface area (Å²) in [4.78, 5) is 30.5. The number of aromatic nitrogens is 3. The number of halogens is 1. The number of hydrogen-bond acceptors (Lipinski definition) is 5. The Morgan fingerprint density at radius 1 is 1.37 bits per heavy atom. The van der Waals surface area contributed by atoms with Gasteiger partial charge in [0.1, 0.15) is 22.1 Å². The van der Waals surface area contributed by atoms with E-state index in [0.29, 0.717) is 17.3 Å². The average molecular weight is 394 g/mol. The van der Waals surface area contributed by atoms with E-state index in [-0.39, 0.29) is 22.7 Å². The van der Waals surface area contributed by atoms with Gasteiger partial charge >= 0.3 is 6.09 Å². The number of hydrogen-bond donors (Lipinski definition) is 1. The molecule has 0 aliphatic heterocycles. The summed E-state index contributed by atoms with van der Waals surface area (Å²) in [6, 6.07) is 1.66. The maximum Gasteiger partial charge on any atom is 0.415 e. The van der Waals surface area contributed by atoms with E-state index in [0.717, 1.165) is 12.8 Å². The van der Waals surface area contributed by atoms with Crippen molar-refractivity contribution in [3.63, 3.8) is 0 Å². The molecule has 146 valence electrons. The van der Waals surface area contributed by atoms with Crippen LogP contribution in [0.1, 0.15) is 50.9 Å². The molecule has 1 fully saturated rings. The van der Waals surface area contributed by atoms with Crippen LogP contribution in [0.25, 0.3) is 5.65 Å². The standard InChI is InChI=1S/C18H24ClN5O3/c1-10-6-7-12(10)21-16(25)11-9-20-24-14(8-13(19)22-15(11)24)23(5)17(26)27-18(2,3)4/h8-10,12H,6-7H2,1-5H3,(H,21,25)/t10-,12-/m0/s1. The molecular formula is C18H24ClN5O3. The lowest BCUT2D eigenvalue weighted by molar-refractivity contribution is 0.0587. The van der Waals surface area contributed by atoms with Gasteiger partial charge in [0.05, 0.1) is 6.20 Å². The van der Waals surface area contributed by atoms with E-state index in [1.807, 2.05) is 0 Å². The summed E-state index contributed by atoms with van der Waals surface area (Å²) in [5, 5.41) is 7.39. The van der Waals surface area contributed by atoms with Gasteiger partial charge in [-0.2, -0.15) is 9.61 Å². The number of nitrogens with one attached hydrogen (secondary N) is 1. The van der Waals surface area contributed by atoms with E-state index < -0.39 is 11.7 Å². The molecule has 0 aromatic carbocycles. The van der Waals surface area contributed by atoms with Gasteiger partial charge in [0.2, 0.25) is 0 Å². The SMILES string of the molecule is C[C@H]1CC[C@@H]1NC(=O)c1cnn2c(N(C)C(=O)OC(C)(C)C)cc(Cl)nc12. The van der Waals surface area contributed by atoms with Crippen LogP contribution < -0.4 is 10.2 Å². The minimum Gasteiger partial charge on any atom is -0.443 e. The Morgan fingerprint density at radius 2 is 2.07 bits per heavy atom. The lowest BCUT2D eigenvalue weighted by Gasteiger charge is -2.34. The van der Waals surface area contributed by atoms with Crippen molar-refractivity contribution in [2.45, 2.75) is 52.2 Å². The number of carbonyl (C=O) groups excluding carboxylic acids is 2. The van der Waals surface area contributed by atoms with Gasteiger partial charge in [-0.1, -0.05) is 18.5 Å². The van der Waals surface area contributed by atoms with Gasteiger partial charge in [-0.25, -0.2) is 9.78 Å². The van der Waals surface area contributed by atoms with E-state index in [1.54, 1.807) is 27.8 Å². The van der Waals surface area contributed by atoms with Crippen molar-refractivity contribution < 1.29 is 14.3 Å². The molecule has 0 unspecified atom stereocenters. The second kappa shape index (κ2) is 6.99. The summed E-state index contributed by atoms with van der Waals surface area (Å²) in [7, 11) is 1.55. The van der Waals surface area contributed by atoms with Crippen molar-refractivity contribution in [2.24, 2.45) is 5.92 Å². The fourth-order valence-electron chi connectivity index (χ4n) is 2.87. The fraction of sp³-hybridized carbons (Fsp3) is 0.556. The predicted octanol–water partition coefficient (Wildman–Crippen LogP) is 3.28. The van der Waals surface area contributed by atoms with Crippen LogP contribution in [-0.4, -0.2) is 45.3 Å². The largest absolute Gasteiger partial charge is 0.443 e. The van der Waals surface area contributed by atoms with Crippen LogP contribution in [0.5, 0.6) is 0 Å². The van der Waals surface area contributed by atoms with E-state index in [4.69, 9.17) is 16.3 Å². The van der Waals surface area contributed by atoms with Gasteiger partial charge in [-0.15, -0.1) is 0 Å². The minimum absolute atomic E-state index is 0.152. The molecule has 0 spiro atoms. The molecule has 8 nitrogen and oxygen atoms in total. The molecule has 1 aliphatic rings. The highest BCUT2D eigenvalue weighted by Gasteiger charge is 2.30. The summed E-state index contributed by atoms with van der Waals surface area (Å²) in [5.41, 5.74) is -0.0385. The maximum atomic E-state index is 12.6. The number of carbonyl (C=O) groups is 2. The zero-order chi connectivity index (χ0) is 19.9. The number of amides is 2. The monoisotopic (exact) mass is 393 g/mol. The first-order valence-corrected chi connectivity index (χ1v) is 9.26. The zero-order valence-electron chi connectivity index (χ0n) is 16.1. The van der Waals surface area contributed by atoms with E-state index in [9.17, 15) is 9.59 Å². The summed E-state index contributed by atoms with van der Waals surface area (Å²) in [6.07, 6.45) is 2.95. The Balaban J connectivity index is 1.93. The predicted molar refractivity (Wildman–Crippen MR) is 102 cm³/mol. The molecule has 1 N–H and O–H groups in total. The Kier molecular flexibility index (Phi) is 5.03. The molecular weight excluding hydrogens is 370 g/mol. The van der Waals surface area contributed by atoms with Crippen LogP contribution in [0.4, 0.5) is 10.6 Å². The molecule has 2 aromatic rings. The normalized spacial score (nSPS) is 19.5. The highest BCUT2D eigenvalue weighted by molar-refractivity contribution is 6.30. The Bertz CT molecular complexity index is 889. The van der Waals surface area contributed by atoms with Crippen molar-refractivity contribution in [3.8, 4) is 0 Å². The second-order valence-corrected chi connectivity index (χ2v) is 8.29. The number of ether oxygens (including phenoxy) is 1. The van der Waals surface area contributed by atoms with Crippen molar-refractivity contribution in [3.05, 3.63) is 23.0 Å². The van der Waals surface area contributed by atoms with Crippen LogP contribution in [-0.2, 0) is 4.74 Å². The molecule has 0 bridgehead atoms. The third-order valence-corrected chi connectivity index (χ3v) is 4.81. The first kappa shape index (κ1) is 19.4. The van der Waals surface area contributed by atoms with Crippen LogP contribution in [0.3, 0.4) is 0 Å². The van der Waals surface area contributed by atoms with E-state index in [1.165, 1.54) is 21.7 Å². The highest BCUT2D eigenvalue weighted by Crippen LogP contribution is 2.27. The summed E-state index contributed by atoms with van der Waals surface area (Å²) in [6.45, 7) is 7.45. The van der Waals surface area contributed by atoms with Crippen LogP contribution in [0.2, 0.25) is 5.15 Å².